The maximum atomic E-state index is 11.7. The van der Waals surface area contributed by atoms with Gasteiger partial charge in [-0.1, -0.05) is 19.1 Å². The summed E-state index contributed by atoms with van der Waals surface area (Å²) in [6.45, 7) is 5.99. The lowest BCUT2D eigenvalue weighted by Gasteiger charge is -2.11. The first-order valence-corrected chi connectivity index (χ1v) is 7.54. The molecule has 0 bridgehead atoms. The second kappa shape index (κ2) is 6.28. The van der Waals surface area contributed by atoms with Gasteiger partial charge in [0.15, 0.2) is 5.16 Å². The normalized spacial score (nSPS) is 12.8. The highest BCUT2D eigenvalue weighted by Crippen LogP contribution is 2.27. The molecule has 6 heteroatoms. The van der Waals surface area contributed by atoms with Crippen molar-refractivity contribution in [2.45, 2.75) is 49.3 Å². The molecule has 108 valence electrons. The molecule has 0 unspecified atom stereocenters. The van der Waals surface area contributed by atoms with Gasteiger partial charge in [-0.2, -0.15) is 0 Å². The van der Waals surface area contributed by atoms with Gasteiger partial charge in [-0.15, -0.1) is 5.10 Å². The maximum Gasteiger partial charge on any atom is 0.344 e. The number of nitrogens with zero attached hydrogens (tertiary/aromatic N) is 2. The van der Waals surface area contributed by atoms with Crippen LogP contribution in [0.25, 0.3) is 0 Å². The summed E-state index contributed by atoms with van der Waals surface area (Å²) in [4.78, 5) is 12.7. The molecule has 0 aliphatic heterocycles. The lowest BCUT2D eigenvalue weighted by molar-refractivity contribution is 0.534. The Morgan fingerprint density at radius 2 is 2.00 bits per heavy atom. The molecule has 0 saturated carbocycles. The van der Waals surface area contributed by atoms with E-state index in [-0.39, 0.29) is 17.8 Å². The van der Waals surface area contributed by atoms with E-state index in [1.807, 2.05) is 38.1 Å². The molecule has 0 amide bonds. The Labute approximate surface area is 122 Å². The van der Waals surface area contributed by atoms with Crippen molar-refractivity contribution in [2.75, 3.05) is 0 Å². The third-order valence-electron chi connectivity index (χ3n) is 3.15. The molecule has 1 heterocycles. The van der Waals surface area contributed by atoms with Crippen LogP contribution in [0.4, 0.5) is 0 Å². The van der Waals surface area contributed by atoms with Crippen molar-refractivity contribution in [3.8, 4) is 0 Å². The zero-order valence-electron chi connectivity index (χ0n) is 12.0. The first kappa shape index (κ1) is 14.9. The van der Waals surface area contributed by atoms with Gasteiger partial charge < -0.3 is 5.73 Å². The van der Waals surface area contributed by atoms with Crippen molar-refractivity contribution in [1.82, 2.24) is 14.8 Å². The zero-order valence-corrected chi connectivity index (χ0v) is 12.8. The van der Waals surface area contributed by atoms with Gasteiger partial charge in [0.2, 0.25) is 0 Å². The van der Waals surface area contributed by atoms with Crippen LogP contribution < -0.4 is 11.4 Å². The van der Waals surface area contributed by atoms with Crippen molar-refractivity contribution in [1.29, 1.82) is 0 Å². The van der Waals surface area contributed by atoms with Crippen LogP contribution >= 0.6 is 11.8 Å². The van der Waals surface area contributed by atoms with E-state index in [0.29, 0.717) is 5.16 Å². The highest BCUT2D eigenvalue weighted by molar-refractivity contribution is 7.99. The molecule has 20 heavy (non-hydrogen) atoms. The Kier molecular flexibility index (Phi) is 4.67. The third kappa shape index (κ3) is 3.13. The molecule has 0 fully saturated rings. The van der Waals surface area contributed by atoms with Crippen molar-refractivity contribution in [3.05, 3.63) is 40.3 Å². The molecule has 0 radical (unpaired) electrons. The second-order valence-electron chi connectivity index (χ2n) is 4.96. The minimum Gasteiger partial charge on any atom is -0.324 e. The van der Waals surface area contributed by atoms with Crippen molar-refractivity contribution < 1.29 is 0 Å². The summed E-state index contributed by atoms with van der Waals surface area (Å²) in [5.74, 6) is 0. The van der Waals surface area contributed by atoms with Gasteiger partial charge in [0.1, 0.15) is 0 Å². The number of hydrogen-bond donors (Lipinski definition) is 2. The average molecular weight is 292 g/mol. The SMILES string of the molecule is CC[C@H](N)c1ccc(Sc2n[nH]c(=O)n2C(C)C)cc1. The van der Waals surface area contributed by atoms with Crippen LogP contribution in [0.1, 0.15) is 44.8 Å². The molecule has 2 rings (SSSR count). The molecule has 1 aromatic heterocycles. The maximum absolute atomic E-state index is 11.7. The quantitative estimate of drug-likeness (QED) is 0.888. The van der Waals surface area contributed by atoms with E-state index in [2.05, 4.69) is 17.1 Å². The Bertz CT molecular complexity index is 615. The van der Waals surface area contributed by atoms with Gasteiger partial charge in [0.25, 0.3) is 0 Å². The Morgan fingerprint density at radius 1 is 1.35 bits per heavy atom. The van der Waals surface area contributed by atoms with E-state index in [1.54, 1.807) is 4.57 Å². The zero-order chi connectivity index (χ0) is 14.7. The van der Waals surface area contributed by atoms with Crippen molar-refractivity contribution in [3.63, 3.8) is 0 Å². The summed E-state index contributed by atoms with van der Waals surface area (Å²) in [5, 5.41) is 7.24. The standard InChI is InChI=1S/C14H20N4OS/c1-4-12(15)10-5-7-11(8-6-10)20-14-17-16-13(19)18(14)9(2)3/h5-9,12H,4,15H2,1-3H3,(H,16,19)/t12-/m0/s1. The minimum absolute atomic E-state index is 0.0771. The number of H-pyrrole nitrogens is 1. The summed E-state index contributed by atoms with van der Waals surface area (Å²) < 4.78 is 1.65. The van der Waals surface area contributed by atoms with Gasteiger partial charge in [-0.3, -0.25) is 4.57 Å². The lowest BCUT2D eigenvalue weighted by Crippen LogP contribution is -2.19. The molecule has 1 aromatic carbocycles. The summed E-state index contributed by atoms with van der Waals surface area (Å²) in [6.07, 6.45) is 0.915. The summed E-state index contributed by atoms with van der Waals surface area (Å²) in [6, 6.07) is 8.24. The molecular formula is C14H20N4OS. The molecule has 2 aromatic rings. The van der Waals surface area contributed by atoms with Crippen LogP contribution in [0, 0.1) is 0 Å². The van der Waals surface area contributed by atoms with E-state index in [1.165, 1.54) is 11.8 Å². The molecule has 1 atom stereocenters. The number of hydrogen-bond acceptors (Lipinski definition) is 4. The van der Waals surface area contributed by atoms with E-state index in [4.69, 9.17) is 5.73 Å². The number of nitrogens with two attached hydrogens (primary N) is 1. The molecule has 0 saturated heterocycles. The van der Waals surface area contributed by atoms with E-state index < -0.39 is 0 Å². The molecular weight excluding hydrogens is 272 g/mol. The predicted octanol–water partition coefficient (Wildman–Crippen LogP) is 2.71. The summed E-state index contributed by atoms with van der Waals surface area (Å²) >= 11 is 1.47. The number of aromatic nitrogens is 3. The van der Waals surface area contributed by atoms with Gasteiger partial charge in [-0.25, -0.2) is 9.89 Å². The highest BCUT2D eigenvalue weighted by Gasteiger charge is 2.12. The van der Waals surface area contributed by atoms with Gasteiger partial charge in [0.05, 0.1) is 0 Å². The Morgan fingerprint density at radius 3 is 2.55 bits per heavy atom. The van der Waals surface area contributed by atoms with Crippen LogP contribution in [0.2, 0.25) is 0 Å². The fourth-order valence-electron chi connectivity index (χ4n) is 1.94. The number of benzene rings is 1. The predicted molar refractivity (Wildman–Crippen MR) is 81.0 cm³/mol. The monoisotopic (exact) mass is 292 g/mol. The van der Waals surface area contributed by atoms with Crippen LogP contribution in [0.3, 0.4) is 0 Å². The molecule has 5 nitrogen and oxygen atoms in total. The average Bonchev–Trinajstić information content (AvgIpc) is 2.79. The van der Waals surface area contributed by atoms with E-state index in [9.17, 15) is 4.79 Å². The van der Waals surface area contributed by atoms with Crippen LogP contribution in [0.15, 0.2) is 39.1 Å². The van der Waals surface area contributed by atoms with Gasteiger partial charge in [-0.05, 0) is 49.7 Å². The minimum atomic E-state index is -0.174. The Hall–Kier alpha value is -1.53. The number of aromatic amines is 1. The number of rotatable bonds is 5. The molecule has 0 spiro atoms. The van der Waals surface area contributed by atoms with E-state index in [0.717, 1.165) is 16.9 Å². The fourth-order valence-corrected chi connectivity index (χ4v) is 2.91. The molecule has 0 aliphatic carbocycles. The van der Waals surface area contributed by atoms with Crippen molar-refractivity contribution >= 4 is 11.8 Å². The lowest BCUT2D eigenvalue weighted by atomic mass is 10.1. The largest absolute Gasteiger partial charge is 0.344 e. The van der Waals surface area contributed by atoms with Crippen LogP contribution in [0.5, 0.6) is 0 Å². The highest BCUT2D eigenvalue weighted by atomic mass is 32.2. The Balaban J connectivity index is 2.21. The second-order valence-corrected chi connectivity index (χ2v) is 6.00. The van der Waals surface area contributed by atoms with Gasteiger partial charge in [0, 0.05) is 17.0 Å². The molecule has 0 aliphatic rings. The summed E-state index contributed by atoms with van der Waals surface area (Å²) in [7, 11) is 0. The summed E-state index contributed by atoms with van der Waals surface area (Å²) in [5.41, 5.74) is 6.95. The number of nitrogens with one attached hydrogen (secondary N) is 1. The first-order valence-electron chi connectivity index (χ1n) is 6.73. The van der Waals surface area contributed by atoms with Gasteiger partial charge >= 0.3 is 5.69 Å². The molecule has 3 N–H and O–H groups in total. The fraction of sp³-hybridized carbons (Fsp3) is 0.429. The van der Waals surface area contributed by atoms with Crippen LogP contribution in [-0.2, 0) is 0 Å². The topological polar surface area (TPSA) is 76.7 Å². The van der Waals surface area contributed by atoms with Crippen LogP contribution in [-0.4, -0.2) is 14.8 Å². The third-order valence-corrected chi connectivity index (χ3v) is 4.12. The van der Waals surface area contributed by atoms with E-state index >= 15 is 0 Å². The first-order chi connectivity index (χ1) is 9.52. The van der Waals surface area contributed by atoms with Crippen molar-refractivity contribution in [2.24, 2.45) is 5.73 Å². The smallest absolute Gasteiger partial charge is 0.324 e.